The summed E-state index contributed by atoms with van der Waals surface area (Å²) >= 11 is 8.33. The second-order valence-electron chi connectivity index (χ2n) is 4.73. The molecule has 1 aliphatic heterocycles. The second kappa shape index (κ2) is 7.09. The van der Waals surface area contributed by atoms with Crippen molar-refractivity contribution < 1.29 is 13.2 Å². The normalized spacial score (nSPS) is 19.2. The predicted octanol–water partition coefficient (Wildman–Crippen LogP) is 4.56. The lowest BCUT2D eigenvalue weighted by Crippen LogP contribution is -2.45. The summed E-state index contributed by atoms with van der Waals surface area (Å²) in [4.78, 5) is 3.13. The van der Waals surface area contributed by atoms with Crippen LogP contribution in [-0.2, 0) is 0 Å². The van der Waals surface area contributed by atoms with Crippen LogP contribution >= 0.6 is 43.2 Å². The summed E-state index contributed by atoms with van der Waals surface area (Å²) < 4.78 is 39.4. The third kappa shape index (κ3) is 4.69. The maximum atomic E-state index is 12.5. The van der Waals surface area contributed by atoms with Gasteiger partial charge in [-0.3, -0.25) is 4.90 Å². The Morgan fingerprint density at radius 3 is 2.45 bits per heavy atom. The SMILES string of the molecule is FC(F)(F)CC[C@@H](c1cc(Br)c(Br)s1)N1CCNCC1. The number of hydrogen-bond acceptors (Lipinski definition) is 3. The molecular formula is C12H15Br2F3N2S. The Morgan fingerprint density at radius 2 is 1.95 bits per heavy atom. The van der Waals surface area contributed by atoms with Crippen LogP contribution in [0.1, 0.15) is 23.8 Å². The van der Waals surface area contributed by atoms with Crippen molar-refractivity contribution >= 4 is 43.2 Å². The Morgan fingerprint density at radius 1 is 1.30 bits per heavy atom. The summed E-state index contributed by atoms with van der Waals surface area (Å²) in [5.74, 6) is 0. The quantitative estimate of drug-likeness (QED) is 0.745. The van der Waals surface area contributed by atoms with Crippen molar-refractivity contribution in [3.05, 3.63) is 19.2 Å². The second-order valence-corrected chi connectivity index (χ2v) is 7.98. The molecule has 2 rings (SSSR count). The molecule has 0 spiro atoms. The van der Waals surface area contributed by atoms with Crippen LogP contribution in [0.4, 0.5) is 13.2 Å². The molecule has 1 atom stereocenters. The number of thiophene rings is 1. The molecule has 0 aliphatic carbocycles. The first-order chi connectivity index (χ1) is 9.37. The van der Waals surface area contributed by atoms with E-state index in [1.54, 1.807) is 0 Å². The number of piperazine rings is 1. The topological polar surface area (TPSA) is 15.3 Å². The molecule has 1 aliphatic rings. The molecule has 8 heteroatoms. The monoisotopic (exact) mass is 434 g/mol. The Labute approximate surface area is 137 Å². The Kier molecular flexibility index (Phi) is 5.93. The van der Waals surface area contributed by atoms with E-state index in [1.807, 2.05) is 6.07 Å². The van der Waals surface area contributed by atoms with Crippen LogP contribution in [-0.4, -0.2) is 37.3 Å². The third-order valence-corrected chi connectivity index (χ3v) is 6.64. The van der Waals surface area contributed by atoms with Gasteiger partial charge in [0.05, 0.1) is 3.79 Å². The van der Waals surface area contributed by atoms with Gasteiger partial charge in [0.2, 0.25) is 0 Å². The van der Waals surface area contributed by atoms with Gasteiger partial charge in [0.15, 0.2) is 0 Å². The van der Waals surface area contributed by atoms with E-state index in [0.29, 0.717) is 0 Å². The van der Waals surface area contributed by atoms with Crippen LogP contribution in [0.25, 0.3) is 0 Å². The first-order valence-electron chi connectivity index (χ1n) is 6.33. The zero-order chi connectivity index (χ0) is 14.8. The average molecular weight is 436 g/mol. The van der Waals surface area contributed by atoms with Crippen molar-refractivity contribution in [1.82, 2.24) is 10.2 Å². The molecule has 20 heavy (non-hydrogen) atoms. The van der Waals surface area contributed by atoms with E-state index in [9.17, 15) is 13.2 Å². The third-order valence-electron chi connectivity index (χ3n) is 3.29. The summed E-state index contributed by atoms with van der Waals surface area (Å²) in [6.07, 6.45) is -4.73. The summed E-state index contributed by atoms with van der Waals surface area (Å²) in [5.41, 5.74) is 0. The van der Waals surface area contributed by atoms with Crippen molar-refractivity contribution in [3.8, 4) is 0 Å². The van der Waals surface area contributed by atoms with Crippen LogP contribution < -0.4 is 5.32 Å². The molecule has 0 bridgehead atoms. The molecule has 0 unspecified atom stereocenters. The summed E-state index contributed by atoms with van der Waals surface area (Å²) in [6.45, 7) is 3.23. The van der Waals surface area contributed by atoms with Gasteiger partial charge in [-0.1, -0.05) is 0 Å². The molecule has 1 saturated heterocycles. The fourth-order valence-corrected chi connectivity index (χ4v) is 4.59. The van der Waals surface area contributed by atoms with Crippen LogP contribution in [0.3, 0.4) is 0 Å². The van der Waals surface area contributed by atoms with Crippen molar-refractivity contribution in [2.45, 2.75) is 25.1 Å². The zero-order valence-electron chi connectivity index (χ0n) is 10.6. The van der Waals surface area contributed by atoms with E-state index in [2.05, 4.69) is 42.1 Å². The first kappa shape index (κ1) is 16.7. The maximum absolute atomic E-state index is 12.5. The molecule has 1 N–H and O–H groups in total. The molecule has 0 saturated carbocycles. The fourth-order valence-electron chi connectivity index (χ4n) is 2.33. The molecule has 2 nitrogen and oxygen atoms in total. The van der Waals surface area contributed by atoms with Gasteiger partial charge in [-0.25, -0.2) is 0 Å². The highest BCUT2D eigenvalue weighted by atomic mass is 79.9. The van der Waals surface area contributed by atoms with Crippen molar-refractivity contribution in [2.75, 3.05) is 26.2 Å². The van der Waals surface area contributed by atoms with E-state index in [4.69, 9.17) is 0 Å². The Hall–Kier alpha value is 0.370. The number of halogens is 5. The van der Waals surface area contributed by atoms with E-state index >= 15 is 0 Å². The number of rotatable bonds is 4. The van der Waals surface area contributed by atoms with Crippen LogP contribution in [0.15, 0.2) is 14.3 Å². The van der Waals surface area contributed by atoms with E-state index in [0.717, 1.165) is 39.3 Å². The Bertz CT molecular complexity index is 425. The molecule has 1 aromatic heterocycles. The highest BCUT2D eigenvalue weighted by molar-refractivity contribution is 9.13. The molecule has 0 amide bonds. The van der Waals surface area contributed by atoms with Crippen molar-refractivity contribution in [1.29, 1.82) is 0 Å². The summed E-state index contributed by atoms with van der Waals surface area (Å²) in [6, 6.07) is 1.77. The highest BCUT2D eigenvalue weighted by Crippen LogP contribution is 2.40. The lowest BCUT2D eigenvalue weighted by atomic mass is 10.1. The zero-order valence-corrected chi connectivity index (χ0v) is 14.6. The standard InChI is InChI=1S/C12H15Br2F3N2S/c13-8-7-10(20-11(8)14)9(1-2-12(15,16)17)19-5-3-18-4-6-19/h7,9,18H,1-6H2/t9-/m0/s1. The molecule has 2 heterocycles. The largest absolute Gasteiger partial charge is 0.389 e. The molecule has 0 radical (unpaired) electrons. The van der Waals surface area contributed by atoms with E-state index < -0.39 is 12.6 Å². The molecule has 1 fully saturated rings. The first-order valence-corrected chi connectivity index (χ1v) is 8.73. The minimum atomic E-state index is -4.10. The fraction of sp³-hybridized carbons (Fsp3) is 0.667. The van der Waals surface area contributed by atoms with Gasteiger partial charge in [-0.2, -0.15) is 13.2 Å². The van der Waals surface area contributed by atoms with Gasteiger partial charge in [-0.05, 0) is 44.3 Å². The maximum Gasteiger partial charge on any atom is 0.389 e. The smallest absolute Gasteiger partial charge is 0.314 e. The number of nitrogens with one attached hydrogen (secondary N) is 1. The summed E-state index contributed by atoms with van der Waals surface area (Å²) in [7, 11) is 0. The minimum Gasteiger partial charge on any atom is -0.314 e. The van der Waals surface area contributed by atoms with Crippen LogP contribution in [0.2, 0.25) is 0 Å². The van der Waals surface area contributed by atoms with Gasteiger partial charge in [0, 0.05) is 48.0 Å². The number of nitrogens with zero attached hydrogens (tertiary/aromatic N) is 1. The van der Waals surface area contributed by atoms with Gasteiger partial charge >= 0.3 is 6.18 Å². The number of hydrogen-bond donors (Lipinski definition) is 1. The van der Waals surface area contributed by atoms with Crippen molar-refractivity contribution in [2.24, 2.45) is 0 Å². The van der Waals surface area contributed by atoms with Gasteiger partial charge in [0.25, 0.3) is 0 Å². The predicted molar refractivity (Wildman–Crippen MR) is 82.2 cm³/mol. The lowest BCUT2D eigenvalue weighted by Gasteiger charge is -2.34. The van der Waals surface area contributed by atoms with Crippen LogP contribution in [0.5, 0.6) is 0 Å². The number of alkyl halides is 3. The van der Waals surface area contributed by atoms with Gasteiger partial charge in [-0.15, -0.1) is 11.3 Å². The van der Waals surface area contributed by atoms with Crippen molar-refractivity contribution in [3.63, 3.8) is 0 Å². The van der Waals surface area contributed by atoms with Gasteiger partial charge < -0.3 is 5.32 Å². The minimum absolute atomic E-state index is 0.114. The molecule has 114 valence electrons. The summed E-state index contributed by atoms with van der Waals surface area (Å²) in [5, 5.41) is 3.23. The molecular weight excluding hydrogens is 421 g/mol. The lowest BCUT2D eigenvalue weighted by molar-refractivity contribution is -0.138. The van der Waals surface area contributed by atoms with E-state index in [-0.39, 0.29) is 12.5 Å². The average Bonchev–Trinajstić information content (AvgIpc) is 2.69. The Balaban J connectivity index is 2.14. The van der Waals surface area contributed by atoms with E-state index in [1.165, 1.54) is 11.3 Å². The molecule has 1 aromatic rings. The molecule has 0 aromatic carbocycles. The van der Waals surface area contributed by atoms with Crippen LogP contribution in [0, 0.1) is 0 Å². The van der Waals surface area contributed by atoms with Gasteiger partial charge in [0.1, 0.15) is 0 Å². The highest BCUT2D eigenvalue weighted by Gasteiger charge is 2.32.